The van der Waals surface area contributed by atoms with E-state index in [9.17, 15) is 14.4 Å². The molecule has 25 heavy (non-hydrogen) atoms. The van der Waals surface area contributed by atoms with Crippen LogP contribution < -0.4 is 5.56 Å². The Bertz CT molecular complexity index is 996. The standard InChI is InChI=1S/C18H13ClN2O4/c19-13-7-5-12(6-8-13)16(22)10-25-17(23)9-21-11-20-15-4-2-1-3-14(15)18(21)24/h1-8,11H,9-10H2. The van der Waals surface area contributed by atoms with Crippen molar-refractivity contribution >= 4 is 34.3 Å². The molecule has 0 saturated carbocycles. The number of para-hydroxylation sites is 1. The molecular formula is C18H13ClN2O4. The van der Waals surface area contributed by atoms with Crippen LogP contribution in [0.25, 0.3) is 10.9 Å². The van der Waals surface area contributed by atoms with Gasteiger partial charge in [0.25, 0.3) is 5.56 Å². The minimum absolute atomic E-state index is 0.315. The van der Waals surface area contributed by atoms with Crippen LogP contribution in [-0.2, 0) is 16.1 Å². The van der Waals surface area contributed by atoms with Gasteiger partial charge in [-0.15, -0.1) is 0 Å². The number of hydrogen-bond acceptors (Lipinski definition) is 5. The molecule has 3 aromatic rings. The summed E-state index contributed by atoms with van der Waals surface area (Å²) < 4.78 is 6.10. The van der Waals surface area contributed by atoms with E-state index in [0.29, 0.717) is 21.5 Å². The second-order valence-corrected chi connectivity index (χ2v) is 5.72. The summed E-state index contributed by atoms with van der Waals surface area (Å²) in [6.45, 7) is -0.721. The third kappa shape index (κ3) is 3.92. The largest absolute Gasteiger partial charge is 0.456 e. The molecule has 2 aromatic carbocycles. The number of benzene rings is 2. The van der Waals surface area contributed by atoms with Crippen molar-refractivity contribution in [3.05, 3.63) is 75.8 Å². The molecule has 0 N–H and O–H groups in total. The Morgan fingerprint density at radius 2 is 1.80 bits per heavy atom. The first kappa shape index (κ1) is 16.9. The van der Waals surface area contributed by atoms with E-state index >= 15 is 0 Å². The van der Waals surface area contributed by atoms with Gasteiger partial charge in [-0.1, -0.05) is 23.7 Å². The number of nitrogens with zero attached hydrogens (tertiary/aromatic N) is 2. The van der Waals surface area contributed by atoms with Gasteiger partial charge in [-0.3, -0.25) is 19.0 Å². The zero-order valence-corrected chi connectivity index (χ0v) is 13.8. The number of fused-ring (bicyclic) bond motifs is 1. The van der Waals surface area contributed by atoms with Crippen LogP contribution in [0, 0.1) is 0 Å². The Hall–Kier alpha value is -2.99. The lowest BCUT2D eigenvalue weighted by Gasteiger charge is -2.07. The number of carbonyl (C=O) groups excluding carboxylic acids is 2. The van der Waals surface area contributed by atoms with Gasteiger partial charge in [-0.2, -0.15) is 0 Å². The Labute approximate surface area is 147 Å². The fourth-order valence-electron chi connectivity index (χ4n) is 2.27. The number of carbonyl (C=O) groups is 2. The normalized spacial score (nSPS) is 10.6. The molecule has 0 spiro atoms. The van der Waals surface area contributed by atoms with Crippen molar-refractivity contribution in [2.45, 2.75) is 6.54 Å². The molecule has 3 rings (SSSR count). The molecule has 1 aromatic heterocycles. The summed E-state index contributed by atoms with van der Waals surface area (Å²) in [5, 5.41) is 0.923. The summed E-state index contributed by atoms with van der Waals surface area (Å²) in [7, 11) is 0. The average Bonchev–Trinajstić information content (AvgIpc) is 2.63. The first-order chi connectivity index (χ1) is 12.0. The maximum atomic E-state index is 12.3. The topological polar surface area (TPSA) is 78.3 Å². The predicted molar refractivity (Wildman–Crippen MR) is 92.7 cm³/mol. The van der Waals surface area contributed by atoms with Gasteiger partial charge in [0.05, 0.1) is 17.2 Å². The second kappa shape index (κ2) is 7.27. The summed E-state index contributed by atoms with van der Waals surface area (Å²) >= 11 is 5.76. The van der Waals surface area contributed by atoms with Gasteiger partial charge in [0.15, 0.2) is 12.4 Å². The number of aromatic nitrogens is 2. The van der Waals surface area contributed by atoms with E-state index in [-0.39, 0.29) is 17.9 Å². The van der Waals surface area contributed by atoms with Crippen molar-refractivity contribution in [2.24, 2.45) is 0 Å². The SMILES string of the molecule is O=C(Cn1cnc2ccccc2c1=O)OCC(=O)c1ccc(Cl)cc1. The van der Waals surface area contributed by atoms with Crippen LogP contribution in [0.5, 0.6) is 0 Å². The van der Waals surface area contributed by atoms with E-state index < -0.39 is 12.6 Å². The minimum Gasteiger partial charge on any atom is -0.456 e. The lowest BCUT2D eigenvalue weighted by Crippen LogP contribution is -2.26. The highest BCUT2D eigenvalue weighted by atomic mass is 35.5. The monoisotopic (exact) mass is 356 g/mol. The maximum absolute atomic E-state index is 12.3. The molecule has 0 radical (unpaired) electrons. The van der Waals surface area contributed by atoms with Crippen molar-refractivity contribution in [2.75, 3.05) is 6.61 Å². The number of hydrogen-bond donors (Lipinski definition) is 0. The predicted octanol–water partition coefficient (Wildman–Crippen LogP) is 2.48. The van der Waals surface area contributed by atoms with Crippen LogP contribution in [0.1, 0.15) is 10.4 Å². The molecule has 7 heteroatoms. The molecule has 0 amide bonds. The molecule has 6 nitrogen and oxygen atoms in total. The van der Waals surface area contributed by atoms with Crippen LogP contribution in [-0.4, -0.2) is 27.9 Å². The number of ketones is 1. The van der Waals surface area contributed by atoms with Crippen molar-refractivity contribution in [1.82, 2.24) is 9.55 Å². The molecule has 0 unspecified atom stereocenters. The van der Waals surface area contributed by atoms with Crippen LogP contribution in [0.4, 0.5) is 0 Å². The van der Waals surface area contributed by atoms with E-state index in [1.165, 1.54) is 6.33 Å². The molecule has 0 aliphatic rings. The highest BCUT2D eigenvalue weighted by molar-refractivity contribution is 6.30. The van der Waals surface area contributed by atoms with E-state index in [2.05, 4.69) is 4.98 Å². The minimum atomic E-state index is -0.693. The third-order valence-electron chi connectivity index (χ3n) is 3.56. The van der Waals surface area contributed by atoms with Gasteiger partial charge in [-0.25, -0.2) is 4.98 Å². The Morgan fingerprint density at radius 1 is 1.08 bits per heavy atom. The highest BCUT2D eigenvalue weighted by Gasteiger charge is 2.12. The average molecular weight is 357 g/mol. The summed E-state index contributed by atoms with van der Waals surface area (Å²) in [5.74, 6) is -1.05. The van der Waals surface area contributed by atoms with E-state index in [4.69, 9.17) is 16.3 Å². The molecule has 0 aliphatic heterocycles. The number of ether oxygens (including phenoxy) is 1. The lowest BCUT2D eigenvalue weighted by atomic mass is 10.1. The number of halogens is 1. The summed E-state index contributed by atoms with van der Waals surface area (Å²) in [4.78, 5) is 40.3. The molecule has 0 bridgehead atoms. The van der Waals surface area contributed by atoms with Crippen molar-refractivity contribution in [3.63, 3.8) is 0 Å². The Balaban J connectivity index is 1.65. The zero-order chi connectivity index (χ0) is 17.8. The number of rotatable bonds is 5. The lowest BCUT2D eigenvalue weighted by molar-refractivity contribution is -0.143. The quantitative estimate of drug-likeness (QED) is 0.518. The Morgan fingerprint density at radius 3 is 2.56 bits per heavy atom. The van der Waals surface area contributed by atoms with Crippen molar-refractivity contribution in [1.29, 1.82) is 0 Å². The molecule has 0 atom stereocenters. The van der Waals surface area contributed by atoms with E-state index in [0.717, 1.165) is 4.57 Å². The fourth-order valence-corrected chi connectivity index (χ4v) is 2.39. The fraction of sp³-hybridized carbons (Fsp3) is 0.111. The summed E-state index contributed by atoms with van der Waals surface area (Å²) in [6, 6.07) is 13.1. The van der Waals surface area contributed by atoms with Crippen molar-refractivity contribution < 1.29 is 14.3 Å². The molecule has 0 fully saturated rings. The first-order valence-corrected chi connectivity index (χ1v) is 7.81. The highest BCUT2D eigenvalue weighted by Crippen LogP contribution is 2.10. The molecule has 1 heterocycles. The molecular weight excluding hydrogens is 344 g/mol. The smallest absolute Gasteiger partial charge is 0.326 e. The van der Waals surface area contributed by atoms with Gasteiger partial charge >= 0.3 is 5.97 Å². The molecule has 0 aliphatic carbocycles. The van der Waals surface area contributed by atoms with Crippen LogP contribution in [0.15, 0.2) is 59.7 Å². The molecule has 0 saturated heterocycles. The van der Waals surface area contributed by atoms with Gasteiger partial charge in [-0.05, 0) is 36.4 Å². The van der Waals surface area contributed by atoms with Crippen LogP contribution >= 0.6 is 11.6 Å². The van der Waals surface area contributed by atoms with Crippen molar-refractivity contribution in [3.8, 4) is 0 Å². The van der Waals surface area contributed by atoms with E-state index in [1.807, 2.05) is 0 Å². The number of Topliss-reactive ketones (excluding diaryl/α,β-unsaturated/α-hetero) is 1. The van der Waals surface area contributed by atoms with Crippen LogP contribution in [0.2, 0.25) is 5.02 Å². The molecule has 126 valence electrons. The Kier molecular flexibility index (Phi) is 4.90. The zero-order valence-electron chi connectivity index (χ0n) is 13.0. The summed E-state index contributed by atoms with van der Waals surface area (Å²) in [5.41, 5.74) is 0.600. The van der Waals surface area contributed by atoms with Gasteiger partial charge in [0.2, 0.25) is 0 Å². The van der Waals surface area contributed by atoms with Gasteiger partial charge in [0.1, 0.15) is 6.54 Å². The third-order valence-corrected chi connectivity index (χ3v) is 3.81. The summed E-state index contributed by atoms with van der Waals surface area (Å²) in [6.07, 6.45) is 1.28. The van der Waals surface area contributed by atoms with Gasteiger partial charge < -0.3 is 4.74 Å². The van der Waals surface area contributed by atoms with Gasteiger partial charge in [0, 0.05) is 10.6 Å². The second-order valence-electron chi connectivity index (χ2n) is 5.29. The number of esters is 1. The van der Waals surface area contributed by atoms with Crippen LogP contribution in [0.3, 0.4) is 0 Å². The van der Waals surface area contributed by atoms with E-state index in [1.54, 1.807) is 48.5 Å². The maximum Gasteiger partial charge on any atom is 0.326 e. The first-order valence-electron chi connectivity index (χ1n) is 7.43.